The molecule has 2 aromatic rings. The zero-order chi connectivity index (χ0) is 20.1. The highest BCUT2D eigenvalue weighted by Crippen LogP contribution is 2.57. The van der Waals surface area contributed by atoms with Gasteiger partial charge in [-0.1, -0.05) is 34.1 Å². The number of halogens is 2. The minimum atomic E-state index is -0.474. The Morgan fingerprint density at radius 3 is 2.55 bits per heavy atom. The maximum atomic E-state index is 13.9. The van der Waals surface area contributed by atoms with Gasteiger partial charge in [0.25, 0.3) is 0 Å². The predicted molar refractivity (Wildman–Crippen MR) is 114 cm³/mol. The second kappa shape index (κ2) is 7.36. The molecule has 2 unspecified atom stereocenters. The number of hydrogen-bond donors (Lipinski definition) is 2. The van der Waals surface area contributed by atoms with Crippen molar-refractivity contribution in [3.05, 3.63) is 63.9 Å². The molecule has 0 amide bonds. The zero-order valence-electron chi connectivity index (χ0n) is 16.5. The van der Waals surface area contributed by atoms with Gasteiger partial charge in [-0.25, -0.2) is 4.39 Å². The van der Waals surface area contributed by atoms with E-state index >= 15 is 0 Å². The van der Waals surface area contributed by atoms with Gasteiger partial charge in [0, 0.05) is 27.7 Å². The Kier molecular flexibility index (Phi) is 4.96. The molecule has 0 heterocycles. The van der Waals surface area contributed by atoms with Gasteiger partial charge in [0.15, 0.2) is 0 Å². The van der Waals surface area contributed by atoms with Gasteiger partial charge in [-0.15, -0.1) is 0 Å². The van der Waals surface area contributed by atoms with Crippen LogP contribution in [0.1, 0.15) is 49.7 Å². The minimum Gasteiger partial charge on any atom is -0.488 e. The third kappa shape index (κ3) is 3.97. The number of hydrogen-bond acceptors (Lipinski definition) is 3. The van der Waals surface area contributed by atoms with Gasteiger partial charge in [0.2, 0.25) is 0 Å². The molecular weight excluding hydrogens is 433 g/mol. The number of ether oxygens (including phenoxy) is 1. The highest BCUT2D eigenvalue weighted by atomic mass is 79.9. The molecule has 0 aliphatic heterocycles. The van der Waals surface area contributed by atoms with E-state index in [0.717, 1.165) is 47.9 Å². The van der Waals surface area contributed by atoms with Gasteiger partial charge in [0.05, 0.1) is 5.60 Å². The zero-order valence-corrected chi connectivity index (χ0v) is 18.1. The highest BCUT2D eigenvalue weighted by Gasteiger charge is 2.56. The molecule has 4 saturated carbocycles. The Morgan fingerprint density at radius 1 is 1.07 bits per heavy atom. The lowest BCUT2D eigenvalue weighted by Crippen LogP contribution is -2.64. The molecule has 154 valence electrons. The first kappa shape index (κ1) is 19.5. The lowest BCUT2D eigenvalue weighted by molar-refractivity contribution is -0.142. The lowest BCUT2D eigenvalue weighted by Gasteiger charge is -2.60. The molecule has 4 aliphatic carbocycles. The quantitative estimate of drug-likeness (QED) is 0.612. The van der Waals surface area contributed by atoms with Crippen LogP contribution < -0.4 is 10.1 Å². The van der Waals surface area contributed by atoms with Crippen LogP contribution in [-0.4, -0.2) is 16.2 Å². The van der Waals surface area contributed by atoms with Crippen molar-refractivity contribution in [2.45, 2.75) is 62.8 Å². The van der Waals surface area contributed by atoms with Crippen molar-refractivity contribution >= 4 is 15.9 Å². The molecule has 2 N–H and O–H groups in total. The smallest absolute Gasteiger partial charge is 0.129 e. The maximum absolute atomic E-state index is 13.9. The van der Waals surface area contributed by atoms with Crippen LogP contribution in [0.5, 0.6) is 5.75 Å². The summed E-state index contributed by atoms with van der Waals surface area (Å²) in [6.07, 6.45) is 6.39. The SMILES string of the molecule is OC12CC3CC(C1)CC(NCc1cc(Br)ccc1OCc1ccccc1F)(C3)C2. The summed E-state index contributed by atoms with van der Waals surface area (Å²) in [5.74, 6) is 1.82. The molecule has 0 saturated heterocycles. The van der Waals surface area contributed by atoms with E-state index in [1.54, 1.807) is 12.1 Å². The summed E-state index contributed by atoms with van der Waals surface area (Å²) < 4.78 is 20.9. The largest absolute Gasteiger partial charge is 0.488 e. The van der Waals surface area contributed by atoms with Crippen LogP contribution >= 0.6 is 15.9 Å². The molecule has 0 radical (unpaired) electrons. The number of nitrogens with one attached hydrogen (secondary N) is 1. The summed E-state index contributed by atoms with van der Waals surface area (Å²) in [5.41, 5.74) is 1.17. The Bertz CT molecular complexity index is 904. The molecule has 2 atom stereocenters. The van der Waals surface area contributed by atoms with Crippen molar-refractivity contribution in [3.8, 4) is 5.75 Å². The first-order chi connectivity index (χ1) is 13.9. The third-order valence-corrected chi connectivity index (χ3v) is 7.54. The second-order valence-corrected chi connectivity index (χ2v) is 10.4. The van der Waals surface area contributed by atoms with Crippen LogP contribution in [0.2, 0.25) is 0 Å². The molecule has 4 bridgehead atoms. The fraction of sp³-hybridized carbons (Fsp3) is 0.500. The van der Waals surface area contributed by atoms with Gasteiger partial charge in [-0.3, -0.25) is 0 Å². The Hall–Kier alpha value is -1.43. The highest BCUT2D eigenvalue weighted by molar-refractivity contribution is 9.10. The first-order valence-electron chi connectivity index (χ1n) is 10.5. The van der Waals surface area contributed by atoms with E-state index in [1.165, 1.54) is 12.5 Å². The standard InChI is InChI=1S/C24H27BrFNO2/c25-20-5-6-22(29-14-18-3-1-2-4-21(18)26)19(8-20)13-27-23-9-16-7-17(10-23)12-24(28,11-16)15-23/h1-6,8,16-17,27-28H,7,9-15H2. The van der Waals surface area contributed by atoms with Crippen LogP contribution in [0, 0.1) is 17.7 Å². The van der Waals surface area contributed by atoms with Crippen molar-refractivity contribution < 1.29 is 14.2 Å². The summed E-state index contributed by atoms with van der Waals surface area (Å²) >= 11 is 3.56. The Labute approximate surface area is 179 Å². The third-order valence-electron chi connectivity index (χ3n) is 7.05. The van der Waals surface area contributed by atoms with E-state index in [4.69, 9.17) is 4.74 Å². The Morgan fingerprint density at radius 2 is 1.83 bits per heavy atom. The van der Waals surface area contributed by atoms with E-state index in [2.05, 4.69) is 27.3 Å². The maximum Gasteiger partial charge on any atom is 0.129 e. The van der Waals surface area contributed by atoms with E-state index in [-0.39, 0.29) is 18.0 Å². The fourth-order valence-corrected chi connectivity index (χ4v) is 6.71. The van der Waals surface area contributed by atoms with Gasteiger partial charge in [-0.05, 0) is 74.6 Å². The van der Waals surface area contributed by atoms with Gasteiger partial charge < -0.3 is 15.2 Å². The molecule has 6 rings (SSSR count). The van der Waals surface area contributed by atoms with E-state index < -0.39 is 5.60 Å². The van der Waals surface area contributed by atoms with Crippen molar-refractivity contribution in [1.29, 1.82) is 0 Å². The topological polar surface area (TPSA) is 41.5 Å². The number of aliphatic hydroxyl groups is 1. The van der Waals surface area contributed by atoms with Crippen molar-refractivity contribution in [2.75, 3.05) is 0 Å². The summed E-state index contributed by atoms with van der Waals surface area (Å²) in [4.78, 5) is 0. The molecule has 29 heavy (non-hydrogen) atoms. The van der Waals surface area contributed by atoms with Gasteiger partial charge >= 0.3 is 0 Å². The summed E-state index contributed by atoms with van der Waals surface area (Å²) in [5, 5.41) is 14.8. The fourth-order valence-electron chi connectivity index (χ4n) is 6.30. The van der Waals surface area contributed by atoms with Gasteiger partial charge in [0.1, 0.15) is 18.2 Å². The molecule has 0 aromatic heterocycles. The molecular formula is C24H27BrFNO2. The number of rotatable bonds is 6. The van der Waals surface area contributed by atoms with Crippen LogP contribution in [0.25, 0.3) is 0 Å². The summed E-state index contributed by atoms with van der Waals surface area (Å²) in [7, 11) is 0. The van der Waals surface area contributed by atoms with Crippen LogP contribution in [0.4, 0.5) is 4.39 Å². The molecule has 4 aliphatic rings. The van der Waals surface area contributed by atoms with Crippen LogP contribution in [0.3, 0.4) is 0 Å². The van der Waals surface area contributed by atoms with Crippen molar-refractivity contribution in [2.24, 2.45) is 11.8 Å². The minimum absolute atomic E-state index is 0.0317. The average molecular weight is 460 g/mol. The van der Waals surface area contributed by atoms with Crippen molar-refractivity contribution in [1.82, 2.24) is 5.32 Å². The van der Waals surface area contributed by atoms with Crippen LogP contribution in [-0.2, 0) is 13.2 Å². The van der Waals surface area contributed by atoms with E-state index in [1.807, 2.05) is 18.2 Å². The molecule has 0 spiro atoms. The van der Waals surface area contributed by atoms with Gasteiger partial charge in [-0.2, -0.15) is 0 Å². The molecule has 5 heteroatoms. The Balaban J connectivity index is 1.31. The average Bonchev–Trinajstić information content (AvgIpc) is 2.65. The molecule has 2 aromatic carbocycles. The molecule has 3 nitrogen and oxygen atoms in total. The first-order valence-corrected chi connectivity index (χ1v) is 11.3. The van der Waals surface area contributed by atoms with Crippen molar-refractivity contribution in [3.63, 3.8) is 0 Å². The summed E-state index contributed by atoms with van der Waals surface area (Å²) in [6.45, 7) is 0.887. The monoisotopic (exact) mass is 459 g/mol. The van der Waals surface area contributed by atoms with E-state index in [0.29, 0.717) is 23.9 Å². The second-order valence-electron chi connectivity index (χ2n) is 9.45. The summed E-state index contributed by atoms with van der Waals surface area (Å²) in [6, 6.07) is 12.7. The number of benzene rings is 2. The normalized spacial score (nSPS) is 32.5. The van der Waals surface area contributed by atoms with E-state index in [9.17, 15) is 9.50 Å². The molecule has 4 fully saturated rings. The lowest BCUT2D eigenvalue weighted by atomic mass is 9.51. The predicted octanol–water partition coefficient (Wildman–Crippen LogP) is 5.34. The van der Waals surface area contributed by atoms with Crippen LogP contribution in [0.15, 0.2) is 46.9 Å².